The van der Waals surface area contributed by atoms with Gasteiger partial charge in [0.05, 0.1) is 6.42 Å². The molecule has 6 nitrogen and oxygen atoms in total. The molecule has 2 rings (SSSR count). The Hall–Kier alpha value is -1.85. The Morgan fingerprint density at radius 2 is 2.21 bits per heavy atom. The van der Waals surface area contributed by atoms with Crippen LogP contribution in [0.1, 0.15) is 11.6 Å². The molecule has 0 aliphatic rings. The molecule has 0 spiro atoms. The van der Waals surface area contributed by atoms with Gasteiger partial charge in [-0.3, -0.25) is 9.09 Å². The summed E-state index contributed by atoms with van der Waals surface area (Å²) in [7, 11) is 3.51. The highest BCUT2D eigenvalue weighted by Crippen LogP contribution is 2.01. The van der Waals surface area contributed by atoms with E-state index in [1.807, 2.05) is 17.8 Å². The van der Waals surface area contributed by atoms with Crippen LogP contribution in [0, 0.1) is 0 Å². The molecule has 0 radical (unpaired) electrons. The van der Waals surface area contributed by atoms with E-state index < -0.39 is 5.76 Å². The van der Waals surface area contributed by atoms with Crippen LogP contribution in [0.25, 0.3) is 0 Å². The predicted molar refractivity (Wildman–Crippen MR) is 47.8 cm³/mol. The molecule has 0 atom stereocenters. The Balaban J connectivity index is 2.32. The monoisotopic (exact) mass is 194 g/mol. The van der Waals surface area contributed by atoms with Crippen LogP contribution in [0.15, 0.2) is 21.7 Å². The van der Waals surface area contributed by atoms with Gasteiger partial charge in [-0.25, -0.2) is 9.78 Å². The van der Waals surface area contributed by atoms with E-state index in [0.29, 0.717) is 12.2 Å². The average molecular weight is 194 g/mol. The van der Waals surface area contributed by atoms with Crippen molar-refractivity contribution in [1.82, 2.24) is 19.3 Å². The predicted octanol–water partition coefficient (Wildman–Crippen LogP) is -0.302. The van der Waals surface area contributed by atoms with Crippen LogP contribution < -0.4 is 5.76 Å². The van der Waals surface area contributed by atoms with Crippen LogP contribution in [0.4, 0.5) is 0 Å². The molecule has 0 aromatic carbocycles. The maximum atomic E-state index is 11.0. The molecule has 0 aliphatic heterocycles. The molecule has 14 heavy (non-hydrogen) atoms. The fourth-order valence-electron chi connectivity index (χ4n) is 1.18. The number of aromatic nitrogens is 4. The molecule has 0 saturated carbocycles. The number of nitrogens with zero attached hydrogens (tertiary/aromatic N) is 4. The summed E-state index contributed by atoms with van der Waals surface area (Å²) >= 11 is 0. The van der Waals surface area contributed by atoms with Gasteiger partial charge in [0.1, 0.15) is 5.82 Å². The molecule has 2 aromatic heterocycles. The Morgan fingerprint density at radius 3 is 2.71 bits per heavy atom. The lowest BCUT2D eigenvalue weighted by Gasteiger charge is -1.98. The smallest absolute Gasteiger partial charge is 0.338 e. The first-order valence-electron chi connectivity index (χ1n) is 4.16. The van der Waals surface area contributed by atoms with Gasteiger partial charge in [0, 0.05) is 26.5 Å². The minimum absolute atomic E-state index is 0.450. The van der Waals surface area contributed by atoms with Crippen molar-refractivity contribution in [3.63, 3.8) is 0 Å². The largest absolute Gasteiger partial charge is 0.441 e. The zero-order valence-corrected chi connectivity index (χ0v) is 7.97. The number of rotatable bonds is 2. The van der Waals surface area contributed by atoms with Crippen molar-refractivity contribution in [3.05, 3.63) is 34.6 Å². The molecule has 0 bridgehead atoms. The highest BCUT2D eigenvalue weighted by Gasteiger charge is 2.09. The third-order valence-corrected chi connectivity index (χ3v) is 2.13. The van der Waals surface area contributed by atoms with Gasteiger partial charge in [0.2, 0.25) is 0 Å². The maximum absolute atomic E-state index is 11.0. The van der Waals surface area contributed by atoms with Gasteiger partial charge in [-0.15, -0.1) is 0 Å². The molecule has 0 fully saturated rings. The van der Waals surface area contributed by atoms with Crippen molar-refractivity contribution >= 4 is 0 Å². The van der Waals surface area contributed by atoms with Crippen molar-refractivity contribution in [2.75, 3.05) is 0 Å². The second-order valence-corrected chi connectivity index (χ2v) is 3.05. The maximum Gasteiger partial charge on any atom is 0.441 e. The molecule has 0 amide bonds. The van der Waals surface area contributed by atoms with E-state index in [9.17, 15) is 4.79 Å². The van der Waals surface area contributed by atoms with E-state index in [-0.39, 0.29) is 0 Å². The summed E-state index contributed by atoms with van der Waals surface area (Å²) in [6.07, 6.45) is 4.03. The Labute approximate surface area is 79.8 Å². The van der Waals surface area contributed by atoms with Crippen LogP contribution in [0.3, 0.4) is 0 Å². The Bertz CT molecular complexity index is 493. The molecule has 0 N–H and O–H groups in total. The van der Waals surface area contributed by atoms with Crippen molar-refractivity contribution in [2.24, 2.45) is 14.1 Å². The number of hydrogen-bond acceptors (Lipinski definition) is 4. The molecular weight excluding hydrogens is 184 g/mol. The van der Waals surface area contributed by atoms with Gasteiger partial charge in [-0.2, -0.15) is 0 Å². The Morgan fingerprint density at radius 1 is 1.43 bits per heavy atom. The fraction of sp³-hybridized carbons (Fsp3) is 0.375. The summed E-state index contributed by atoms with van der Waals surface area (Å²) in [6, 6.07) is 0. The van der Waals surface area contributed by atoms with Crippen molar-refractivity contribution < 1.29 is 4.52 Å². The minimum atomic E-state index is -0.450. The first-order chi connectivity index (χ1) is 6.68. The first kappa shape index (κ1) is 8.74. The summed E-state index contributed by atoms with van der Waals surface area (Å²) in [6.45, 7) is 0. The van der Waals surface area contributed by atoms with Crippen LogP contribution in [0.2, 0.25) is 0 Å². The van der Waals surface area contributed by atoms with Gasteiger partial charge in [0.25, 0.3) is 0 Å². The molecule has 0 aliphatic carbocycles. The van der Waals surface area contributed by atoms with Gasteiger partial charge in [-0.05, 0) is 0 Å². The second kappa shape index (κ2) is 3.13. The minimum Gasteiger partial charge on any atom is -0.338 e. The highest BCUT2D eigenvalue weighted by atomic mass is 16.5. The summed E-state index contributed by atoms with van der Waals surface area (Å²) in [5.74, 6) is 0.965. The van der Waals surface area contributed by atoms with Gasteiger partial charge in [-0.1, -0.05) is 5.16 Å². The number of aryl methyl sites for hydroxylation is 1. The second-order valence-electron chi connectivity index (χ2n) is 3.05. The zero-order valence-electron chi connectivity index (χ0n) is 7.97. The lowest BCUT2D eigenvalue weighted by atomic mass is 10.4. The number of hydrogen-bond donors (Lipinski definition) is 0. The lowest BCUT2D eigenvalue weighted by molar-refractivity contribution is 0.376. The summed E-state index contributed by atoms with van der Waals surface area (Å²) in [5.41, 5.74) is 0. The van der Waals surface area contributed by atoms with E-state index in [2.05, 4.69) is 14.7 Å². The van der Waals surface area contributed by atoms with Crippen molar-refractivity contribution in [2.45, 2.75) is 6.42 Å². The summed E-state index contributed by atoms with van der Waals surface area (Å²) < 4.78 is 7.75. The van der Waals surface area contributed by atoms with E-state index in [4.69, 9.17) is 0 Å². The average Bonchev–Trinajstić information content (AvgIpc) is 2.68. The third-order valence-electron chi connectivity index (χ3n) is 2.13. The molecule has 6 heteroatoms. The summed E-state index contributed by atoms with van der Waals surface area (Å²) in [4.78, 5) is 15.1. The van der Waals surface area contributed by atoms with E-state index >= 15 is 0 Å². The lowest BCUT2D eigenvalue weighted by Crippen LogP contribution is -2.13. The van der Waals surface area contributed by atoms with Gasteiger partial charge < -0.3 is 4.57 Å². The van der Waals surface area contributed by atoms with Gasteiger partial charge >= 0.3 is 5.76 Å². The zero-order chi connectivity index (χ0) is 10.1. The fourth-order valence-corrected chi connectivity index (χ4v) is 1.18. The van der Waals surface area contributed by atoms with Crippen molar-refractivity contribution in [3.8, 4) is 0 Å². The van der Waals surface area contributed by atoms with E-state index in [1.54, 1.807) is 13.2 Å². The standard InChI is InChI=1S/C8H10N4O2/c1-11-4-3-9-6(11)5-7-10-14-8(13)12(7)2/h3-4H,5H2,1-2H3. The van der Waals surface area contributed by atoms with Crippen LogP contribution in [-0.4, -0.2) is 19.3 Å². The van der Waals surface area contributed by atoms with E-state index in [1.165, 1.54) is 4.57 Å². The third kappa shape index (κ3) is 1.34. The molecule has 2 aromatic rings. The quantitative estimate of drug-likeness (QED) is 0.658. The van der Waals surface area contributed by atoms with E-state index in [0.717, 1.165) is 5.82 Å². The van der Waals surface area contributed by atoms with Crippen molar-refractivity contribution in [1.29, 1.82) is 0 Å². The Kier molecular flexibility index (Phi) is 1.95. The molecule has 0 saturated heterocycles. The first-order valence-corrected chi connectivity index (χ1v) is 4.16. The molecule has 2 heterocycles. The molecular formula is C8H10N4O2. The normalized spacial score (nSPS) is 10.7. The summed E-state index contributed by atoms with van der Waals surface area (Å²) in [5, 5.41) is 3.65. The van der Waals surface area contributed by atoms with Gasteiger partial charge in [0.15, 0.2) is 5.82 Å². The van der Waals surface area contributed by atoms with Crippen LogP contribution in [-0.2, 0) is 20.5 Å². The number of imidazole rings is 1. The highest BCUT2D eigenvalue weighted by molar-refractivity contribution is 5.00. The van der Waals surface area contributed by atoms with Crippen LogP contribution in [0.5, 0.6) is 0 Å². The molecule has 0 unspecified atom stereocenters. The SMILES string of the molecule is Cn1ccnc1Cc1noc(=O)n1C. The molecule has 74 valence electrons. The van der Waals surface area contributed by atoms with Crippen LogP contribution >= 0.6 is 0 Å². The topological polar surface area (TPSA) is 65.8 Å².